The van der Waals surface area contributed by atoms with Crippen LogP contribution in [0.5, 0.6) is 0 Å². The van der Waals surface area contributed by atoms with E-state index in [2.05, 4.69) is 15.1 Å². The molecule has 0 unspecified atom stereocenters. The molecule has 2 heterocycles. The van der Waals surface area contributed by atoms with E-state index in [9.17, 15) is 4.79 Å². The van der Waals surface area contributed by atoms with Crippen molar-refractivity contribution in [3.8, 4) is 22.8 Å². The van der Waals surface area contributed by atoms with E-state index in [0.29, 0.717) is 22.0 Å². The smallest absolute Gasteiger partial charge is 0.335 e. The molecule has 0 aliphatic heterocycles. The second-order valence-electron chi connectivity index (χ2n) is 4.16. The van der Waals surface area contributed by atoms with Crippen molar-refractivity contribution in [1.29, 1.82) is 0 Å². The summed E-state index contributed by atoms with van der Waals surface area (Å²) < 4.78 is 5.17. The normalized spacial score (nSPS) is 10.5. The number of aromatic carboxylic acids is 1. The van der Waals surface area contributed by atoms with E-state index in [1.807, 2.05) is 0 Å². The van der Waals surface area contributed by atoms with Gasteiger partial charge in [0.1, 0.15) is 0 Å². The monoisotopic (exact) mass is 301 g/mol. The Morgan fingerprint density at radius 1 is 1.19 bits per heavy atom. The maximum atomic E-state index is 10.8. The molecule has 0 amide bonds. The highest BCUT2D eigenvalue weighted by Crippen LogP contribution is 2.27. The van der Waals surface area contributed by atoms with Gasteiger partial charge in [0.25, 0.3) is 5.89 Å². The van der Waals surface area contributed by atoms with Gasteiger partial charge in [-0.1, -0.05) is 28.9 Å². The minimum atomic E-state index is -0.987. The molecule has 0 radical (unpaired) electrons. The van der Waals surface area contributed by atoms with E-state index in [-0.39, 0.29) is 11.5 Å². The first-order chi connectivity index (χ1) is 10.1. The van der Waals surface area contributed by atoms with Gasteiger partial charge in [-0.05, 0) is 18.2 Å². The fraction of sp³-hybridized carbons (Fsp3) is 0. The van der Waals surface area contributed by atoms with Gasteiger partial charge in [-0.25, -0.2) is 4.79 Å². The van der Waals surface area contributed by atoms with Gasteiger partial charge in [-0.15, -0.1) is 0 Å². The molecular weight excluding hydrogens is 294 g/mol. The van der Waals surface area contributed by atoms with Crippen LogP contribution in [0.1, 0.15) is 10.4 Å². The Morgan fingerprint density at radius 3 is 2.62 bits per heavy atom. The summed E-state index contributed by atoms with van der Waals surface area (Å²) in [4.78, 5) is 18.9. The first kappa shape index (κ1) is 13.3. The molecule has 3 aromatic rings. The van der Waals surface area contributed by atoms with E-state index in [1.165, 1.54) is 18.3 Å². The predicted octanol–water partition coefficient (Wildman–Crippen LogP) is 3.15. The van der Waals surface area contributed by atoms with Crippen LogP contribution in [0, 0.1) is 0 Å². The van der Waals surface area contributed by atoms with Crippen LogP contribution in [0.2, 0.25) is 5.02 Å². The first-order valence-electron chi connectivity index (χ1n) is 5.92. The minimum Gasteiger partial charge on any atom is -0.478 e. The lowest BCUT2D eigenvalue weighted by Gasteiger charge is -1.96. The second-order valence-corrected chi connectivity index (χ2v) is 4.57. The van der Waals surface area contributed by atoms with Crippen LogP contribution in [0.15, 0.2) is 47.2 Å². The van der Waals surface area contributed by atoms with Crippen LogP contribution in [0.4, 0.5) is 0 Å². The topological polar surface area (TPSA) is 89.1 Å². The molecule has 3 rings (SSSR count). The van der Waals surface area contributed by atoms with Crippen LogP contribution in [0.25, 0.3) is 22.8 Å². The Bertz CT molecular complexity index is 799. The lowest BCUT2D eigenvalue weighted by Crippen LogP contribution is -1.95. The minimum absolute atomic E-state index is 0.194. The average molecular weight is 302 g/mol. The molecule has 0 saturated heterocycles. The number of nitrogens with zero attached hydrogens (tertiary/aromatic N) is 3. The molecule has 0 fully saturated rings. The van der Waals surface area contributed by atoms with Crippen molar-refractivity contribution < 1.29 is 14.4 Å². The Hall–Kier alpha value is -2.73. The summed E-state index contributed by atoms with van der Waals surface area (Å²) in [7, 11) is 0. The third kappa shape index (κ3) is 2.61. The second kappa shape index (κ2) is 5.34. The Labute approximate surface area is 124 Å². The Balaban J connectivity index is 1.95. The summed E-state index contributed by atoms with van der Waals surface area (Å²) in [6.07, 6.45) is 3.06. The van der Waals surface area contributed by atoms with E-state index in [0.717, 1.165) is 0 Å². The molecule has 0 saturated carbocycles. The van der Waals surface area contributed by atoms with E-state index in [1.54, 1.807) is 24.4 Å². The van der Waals surface area contributed by atoms with Crippen molar-refractivity contribution in [2.75, 3.05) is 0 Å². The van der Waals surface area contributed by atoms with Gasteiger partial charge in [0.05, 0.1) is 16.1 Å². The van der Waals surface area contributed by atoms with Crippen LogP contribution in [-0.2, 0) is 0 Å². The van der Waals surface area contributed by atoms with Crippen LogP contribution < -0.4 is 0 Å². The highest BCUT2D eigenvalue weighted by molar-refractivity contribution is 6.33. The van der Waals surface area contributed by atoms with Crippen molar-refractivity contribution >= 4 is 17.6 Å². The maximum absolute atomic E-state index is 10.8. The van der Waals surface area contributed by atoms with Crippen LogP contribution in [-0.4, -0.2) is 26.2 Å². The molecule has 0 aliphatic rings. The van der Waals surface area contributed by atoms with Gasteiger partial charge >= 0.3 is 5.97 Å². The quantitative estimate of drug-likeness (QED) is 0.799. The number of pyridine rings is 1. The summed E-state index contributed by atoms with van der Waals surface area (Å²) in [5.41, 5.74) is 1.44. The van der Waals surface area contributed by atoms with Crippen molar-refractivity contribution in [1.82, 2.24) is 15.1 Å². The van der Waals surface area contributed by atoms with Gasteiger partial charge in [-0.3, -0.25) is 4.98 Å². The summed E-state index contributed by atoms with van der Waals surface area (Å²) in [5.74, 6) is -0.353. The van der Waals surface area contributed by atoms with Crippen molar-refractivity contribution in [2.45, 2.75) is 0 Å². The number of carboxylic acids is 1. The summed E-state index contributed by atoms with van der Waals surface area (Å²) in [5, 5.41) is 13.1. The fourth-order valence-corrected chi connectivity index (χ4v) is 1.96. The number of aromatic nitrogens is 3. The molecule has 2 aromatic heterocycles. The van der Waals surface area contributed by atoms with Gasteiger partial charge in [0.15, 0.2) is 0 Å². The highest BCUT2D eigenvalue weighted by atomic mass is 35.5. The summed E-state index contributed by atoms with van der Waals surface area (Å²) in [6, 6.07) is 7.87. The number of hydrogen-bond acceptors (Lipinski definition) is 5. The zero-order valence-corrected chi connectivity index (χ0v) is 11.3. The molecule has 0 aliphatic carbocycles. The molecule has 1 N–H and O–H groups in total. The maximum Gasteiger partial charge on any atom is 0.335 e. The number of hydrogen-bond donors (Lipinski definition) is 1. The molecule has 7 heteroatoms. The zero-order chi connectivity index (χ0) is 14.8. The standard InChI is InChI=1S/C14H8ClN3O3/c15-11-7-16-6-5-10(11)13-17-12(18-21-13)8-1-3-9(4-2-8)14(19)20/h1-7H,(H,19,20). The molecule has 1 aromatic carbocycles. The van der Waals surface area contributed by atoms with Crippen molar-refractivity contribution in [3.05, 3.63) is 53.3 Å². The molecule has 21 heavy (non-hydrogen) atoms. The van der Waals surface area contributed by atoms with E-state index < -0.39 is 5.97 Å². The van der Waals surface area contributed by atoms with E-state index >= 15 is 0 Å². The van der Waals surface area contributed by atoms with E-state index in [4.69, 9.17) is 21.2 Å². The number of benzene rings is 1. The lowest BCUT2D eigenvalue weighted by atomic mass is 10.1. The summed E-state index contributed by atoms with van der Waals surface area (Å²) >= 11 is 6.01. The molecule has 6 nitrogen and oxygen atoms in total. The van der Waals surface area contributed by atoms with Gasteiger partial charge < -0.3 is 9.63 Å². The van der Waals surface area contributed by atoms with Crippen molar-refractivity contribution in [3.63, 3.8) is 0 Å². The van der Waals surface area contributed by atoms with Gasteiger partial charge in [-0.2, -0.15) is 4.98 Å². The summed E-state index contributed by atoms with van der Waals surface area (Å²) in [6.45, 7) is 0. The molecule has 0 bridgehead atoms. The molecular formula is C14H8ClN3O3. The largest absolute Gasteiger partial charge is 0.478 e. The Kier molecular flexibility index (Phi) is 3.37. The number of halogens is 1. The van der Waals surface area contributed by atoms with Gasteiger partial charge in [0.2, 0.25) is 5.82 Å². The third-order valence-electron chi connectivity index (χ3n) is 2.82. The average Bonchev–Trinajstić information content (AvgIpc) is 2.97. The van der Waals surface area contributed by atoms with Crippen molar-refractivity contribution in [2.24, 2.45) is 0 Å². The lowest BCUT2D eigenvalue weighted by molar-refractivity contribution is 0.0697. The fourth-order valence-electron chi connectivity index (χ4n) is 1.76. The zero-order valence-electron chi connectivity index (χ0n) is 10.5. The molecule has 0 atom stereocenters. The predicted molar refractivity (Wildman–Crippen MR) is 74.9 cm³/mol. The highest BCUT2D eigenvalue weighted by Gasteiger charge is 2.13. The Morgan fingerprint density at radius 2 is 1.95 bits per heavy atom. The number of carboxylic acid groups (broad SMARTS) is 1. The van der Waals surface area contributed by atoms with Crippen LogP contribution in [0.3, 0.4) is 0 Å². The number of carbonyl (C=O) groups is 1. The first-order valence-corrected chi connectivity index (χ1v) is 6.30. The molecule has 0 spiro atoms. The molecule has 104 valence electrons. The van der Waals surface area contributed by atoms with Gasteiger partial charge in [0, 0.05) is 18.0 Å². The third-order valence-corrected chi connectivity index (χ3v) is 3.12. The van der Waals surface area contributed by atoms with Crippen LogP contribution >= 0.6 is 11.6 Å². The number of rotatable bonds is 3. The SMILES string of the molecule is O=C(O)c1ccc(-c2noc(-c3ccncc3Cl)n2)cc1.